The number of halogens is 2. The van der Waals surface area contributed by atoms with Gasteiger partial charge in [0.1, 0.15) is 11.6 Å². The molecule has 0 aromatic heterocycles. The number of anilines is 1. The second kappa shape index (κ2) is 5.18. The van der Waals surface area contributed by atoms with Crippen LogP contribution in [0.3, 0.4) is 0 Å². The van der Waals surface area contributed by atoms with Gasteiger partial charge in [-0.3, -0.25) is 4.79 Å². The van der Waals surface area contributed by atoms with E-state index < -0.39 is 11.7 Å². The summed E-state index contributed by atoms with van der Waals surface area (Å²) in [6.07, 6.45) is 0. The van der Waals surface area contributed by atoms with E-state index in [9.17, 15) is 14.3 Å². The van der Waals surface area contributed by atoms with E-state index >= 15 is 0 Å². The highest BCUT2D eigenvalue weighted by Crippen LogP contribution is 2.25. The Morgan fingerprint density at radius 1 is 1.17 bits per heavy atom. The maximum Gasteiger partial charge on any atom is 0.259 e. The number of carbonyl (C=O) groups is 1. The van der Waals surface area contributed by atoms with Crippen LogP contribution in [0.5, 0.6) is 5.75 Å². The van der Waals surface area contributed by atoms with Crippen molar-refractivity contribution in [2.45, 2.75) is 0 Å². The number of hydrogen-bond donors (Lipinski definition) is 2. The summed E-state index contributed by atoms with van der Waals surface area (Å²) >= 11 is 3.12. The number of benzene rings is 2. The lowest BCUT2D eigenvalue weighted by atomic mass is 10.2. The third-order valence-corrected chi connectivity index (χ3v) is 3.00. The zero-order valence-electron chi connectivity index (χ0n) is 9.15. The molecule has 2 aromatic carbocycles. The summed E-state index contributed by atoms with van der Waals surface area (Å²) in [5, 5.41) is 12.0. The summed E-state index contributed by atoms with van der Waals surface area (Å²) in [6.45, 7) is 0. The molecule has 0 radical (unpaired) electrons. The number of para-hydroxylation sites is 2. The van der Waals surface area contributed by atoms with E-state index in [1.165, 1.54) is 24.3 Å². The number of rotatable bonds is 2. The van der Waals surface area contributed by atoms with Crippen LogP contribution in [0, 0.1) is 5.82 Å². The second-order valence-corrected chi connectivity index (χ2v) is 4.42. The Hall–Kier alpha value is -1.88. The summed E-state index contributed by atoms with van der Waals surface area (Å²) in [5.41, 5.74) is 0.137. The predicted molar refractivity (Wildman–Crippen MR) is 70.2 cm³/mol. The van der Waals surface area contributed by atoms with Gasteiger partial charge >= 0.3 is 0 Å². The Labute approximate surface area is 111 Å². The van der Waals surface area contributed by atoms with Crippen LogP contribution in [0.25, 0.3) is 0 Å². The molecule has 2 aromatic rings. The summed E-state index contributed by atoms with van der Waals surface area (Å²) in [4.78, 5) is 11.9. The van der Waals surface area contributed by atoms with Gasteiger partial charge in [0.15, 0.2) is 0 Å². The van der Waals surface area contributed by atoms with Crippen LogP contribution in [0.15, 0.2) is 46.9 Å². The minimum Gasteiger partial charge on any atom is -0.506 e. The van der Waals surface area contributed by atoms with Crippen LogP contribution < -0.4 is 5.32 Å². The average Bonchev–Trinajstić information content (AvgIpc) is 2.32. The number of nitrogens with one attached hydrogen (secondary N) is 1. The minimum absolute atomic E-state index is 0.0710. The van der Waals surface area contributed by atoms with Crippen molar-refractivity contribution < 1.29 is 14.3 Å². The van der Waals surface area contributed by atoms with Crippen molar-refractivity contribution in [1.29, 1.82) is 0 Å². The first-order chi connectivity index (χ1) is 8.59. The summed E-state index contributed by atoms with van der Waals surface area (Å²) < 4.78 is 13.9. The summed E-state index contributed by atoms with van der Waals surface area (Å²) in [5.74, 6) is -1.32. The summed E-state index contributed by atoms with van der Waals surface area (Å²) in [7, 11) is 0. The smallest absolute Gasteiger partial charge is 0.259 e. The van der Waals surface area contributed by atoms with Crippen molar-refractivity contribution in [1.82, 2.24) is 0 Å². The van der Waals surface area contributed by atoms with E-state index in [-0.39, 0.29) is 17.0 Å². The molecule has 0 fully saturated rings. The lowest BCUT2D eigenvalue weighted by Crippen LogP contribution is -2.14. The number of carbonyl (C=O) groups excluding carboxylic acids is 1. The van der Waals surface area contributed by atoms with E-state index in [1.807, 2.05) is 0 Å². The lowest BCUT2D eigenvalue weighted by Gasteiger charge is -2.08. The van der Waals surface area contributed by atoms with Gasteiger partial charge in [-0.25, -0.2) is 4.39 Å². The first-order valence-electron chi connectivity index (χ1n) is 5.13. The number of aromatic hydroxyl groups is 1. The van der Waals surface area contributed by atoms with Gasteiger partial charge in [-0.1, -0.05) is 18.2 Å². The van der Waals surface area contributed by atoms with E-state index in [0.29, 0.717) is 4.47 Å². The van der Waals surface area contributed by atoms with Gasteiger partial charge < -0.3 is 10.4 Å². The Bertz CT molecular complexity index is 581. The van der Waals surface area contributed by atoms with Gasteiger partial charge in [0, 0.05) is 4.47 Å². The van der Waals surface area contributed by atoms with E-state index in [0.717, 1.165) is 0 Å². The molecule has 0 aliphatic rings. The maximum absolute atomic E-state index is 13.6. The molecule has 3 nitrogen and oxygen atoms in total. The van der Waals surface area contributed by atoms with E-state index in [2.05, 4.69) is 21.2 Å². The van der Waals surface area contributed by atoms with E-state index in [1.54, 1.807) is 18.2 Å². The molecule has 5 heteroatoms. The molecule has 0 aliphatic heterocycles. The SMILES string of the molecule is O=C(Nc1ccccc1O)c1c(F)cccc1Br. The molecule has 0 atom stereocenters. The van der Waals surface area contributed by atoms with Gasteiger partial charge in [0.2, 0.25) is 0 Å². The van der Waals surface area contributed by atoms with Crippen molar-refractivity contribution in [3.63, 3.8) is 0 Å². The largest absolute Gasteiger partial charge is 0.506 e. The molecule has 92 valence electrons. The average molecular weight is 310 g/mol. The predicted octanol–water partition coefficient (Wildman–Crippen LogP) is 3.55. The van der Waals surface area contributed by atoms with Crippen LogP contribution in [0.2, 0.25) is 0 Å². The number of phenols is 1. The van der Waals surface area contributed by atoms with Crippen LogP contribution in [-0.2, 0) is 0 Å². The monoisotopic (exact) mass is 309 g/mol. The highest BCUT2D eigenvalue weighted by molar-refractivity contribution is 9.10. The Morgan fingerprint density at radius 2 is 1.89 bits per heavy atom. The third-order valence-electron chi connectivity index (χ3n) is 2.34. The minimum atomic E-state index is -0.628. The molecule has 0 spiro atoms. The van der Waals surface area contributed by atoms with Crippen LogP contribution in [-0.4, -0.2) is 11.0 Å². The molecule has 2 N–H and O–H groups in total. The molecule has 0 bridgehead atoms. The lowest BCUT2D eigenvalue weighted by molar-refractivity contribution is 0.102. The van der Waals surface area contributed by atoms with Crippen molar-refractivity contribution >= 4 is 27.5 Å². The fourth-order valence-corrected chi connectivity index (χ4v) is 2.00. The number of hydrogen-bond acceptors (Lipinski definition) is 2. The normalized spacial score (nSPS) is 10.1. The molecular weight excluding hydrogens is 301 g/mol. The first-order valence-corrected chi connectivity index (χ1v) is 5.92. The van der Waals surface area contributed by atoms with Crippen LogP contribution in [0.1, 0.15) is 10.4 Å². The standard InChI is InChI=1S/C13H9BrFNO2/c14-8-4-3-5-9(15)12(8)13(18)16-10-6-1-2-7-11(10)17/h1-7,17H,(H,16,18). The molecular formula is C13H9BrFNO2. The molecule has 0 aliphatic carbocycles. The highest BCUT2D eigenvalue weighted by atomic mass is 79.9. The molecule has 0 unspecified atom stereocenters. The van der Waals surface area contributed by atoms with Gasteiger partial charge in [-0.05, 0) is 40.2 Å². The van der Waals surface area contributed by atoms with Gasteiger partial charge in [0.25, 0.3) is 5.91 Å². The molecule has 18 heavy (non-hydrogen) atoms. The fraction of sp³-hybridized carbons (Fsp3) is 0. The van der Waals surface area contributed by atoms with Crippen molar-refractivity contribution in [3.05, 3.63) is 58.3 Å². The fourth-order valence-electron chi connectivity index (χ4n) is 1.48. The highest BCUT2D eigenvalue weighted by Gasteiger charge is 2.16. The van der Waals surface area contributed by atoms with Crippen molar-refractivity contribution in [2.75, 3.05) is 5.32 Å². The van der Waals surface area contributed by atoms with E-state index in [4.69, 9.17) is 0 Å². The third kappa shape index (κ3) is 2.51. The maximum atomic E-state index is 13.6. The Kier molecular flexibility index (Phi) is 3.62. The zero-order chi connectivity index (χ0) is 13.1. The molecule has 0 saturated heterocycles. The Morgan fingerprint density at radius 3 is 2.56 bits per heavy atom. The van der Waals surface area contributed by atoms with Crippen molar-refractivity contribution in [3.8, 4) is 5.75 Å². The number of amides is 1. The summed E-state index contributed by atoms with van der Waals surface area (Å²) in [6, 6.07) is 10.5. The second-order valence-electron chi connectivity index (χ2n) is 3.57. The van der Waals surface area contributed by atoms with Crippen molar-refractivity contribution in [2.24, 2.45) is 0 Å². The zero-order valence-corrected chi connectivity index (χ0v) is 10.7. The van der Waals surface area contributed by atoms with Gasteiger partial charge in [-0.15, -0.1) is 0 Å². The van der Waals surface area contributed by atoms with Crippen LogP contribution in [0.4, 0.5) is 10.1 Å². The molecule has 0 saturated carbocycles. The van der Waals surface area contributed by atoms with Gasteiger partial charge in [-0.2, -0.15) is 0 Å². The van der Waals surface area contributed by atoms with Crippen LogP contribution >= 0.6 is 15.9 Å². The molecule has 1 amide bonds. The first kappa shape index (κ1) is 12.6. The van der Waals surface area contributed by atoms with Gasteiger partial charge in [0.05, 0.1) is 11.3 Å². The number of phenolic OH excluding ortho intramolecular Hbond substituents is 1. The quantitative estimate of drug-likeness (QED) is 0.834. The Balaban J connectivity index is 2.31. The molecule has 2 rings (SSSR count). The topological polar surface area (TPSA) is 49.3 Å². The molecule has 0 heterocycles.